The lowest BCUT2D eigenvalue weighted by molar-refractivity contribution is 0.167. The van der Waals surface area contributed by atoms with Crippen LogP contribution in [0.5, 0.6) is 0 Å². The first-order valence-electron chi connectivity index (χ1n) is 14.5. The molecule has 9 nitrogen and oxygen atoms in total. The summed E-state index contributed by atoms with van der Waals surface area (Å²) < 4.78 is 2.36. The number of imidazole rings is 1. The number of hydrogen-bond donors (Lipinski definition) is 2. The summed E-state index contributed by atoms with van der Waals surface area (Å²) in [5, 5.41) is 25.5. The summed E-state index contributed by atoms with van der Waals surface area (Å²) in [5.74, 6) is 1.64. The van der Waals surface area contributed by atoms with E-state index in [1.807, 2.05) is 30.3 Å². The van der Waals surface area contributed by atoms with E-state index < -0.39 is 6.10 Å². The summed E-state index contributed by atoms with van der Waals surface area (Å²) in [5.41, 5.74) is 10.7. The lowest BCUT2D eigenvalue weighted by Crippen LogP contribution is -2.12. The molecule has 4 aromatic heterocycles. The maximum atomic E-state index is 10.7. The lowest BCUT2D eigenvalue weighted by Gasteiger charge is -2.18. The monoisotopic (exact) mass is 556 g/mol. The van der Waals surface area contributed by atoms with Gasteiger partial charge in [-0.25, -0.2) is 9.97 Å². The van der Waals surface area contributed by atoms with Crippen molar-refractivity contribution in [3.63, 3.8) is 0 Å². The standard InChI is InChI=1S/C33H32N8O/c1-3-30-36-31-20(2)17-24(12-15-29(42)23-7-6-16-34-19-23)35-33(31)41(30)28-14-11-22-18-21(10-13-26(22)28)25-8-4-5-9-27(25)32-37-39-40-38-32/h4-10,13,16-19,28-29,42H,3,11-12,14-15H2,1-2H3,(H,37,38,39,40). The van der Waals surface area contributed by atoms with E-state index in [0.717, 1.165) is 69.8 Å². The first kappa shape index (κ1) is 26.2. The van der Waals surface area contributed by atoms with Crippen LogP contribution in [0.15, 0.2) is 73.1 Å². The smallest absolute Gasteiger partial charge is 0.205 e. The van der Waals surface area contributed by atoms with Crippen molar-refractivity contribution >= 4 is 11.2 Å². The van der Waals surface area contributed by atoms with Gasteiger partial charge in [0.25, 0.3) is 0 Å². The molecule has 0 amide bonds. The van der Waals surface area contributed by atoms with E-state index in [0.29, 0.717) is 18.7 Å². The number of hydrogen-bond acceptors (Lipinski definition) is 7. The van der Waals surface area contributed by atoms with Crippen molar-refractivity contribution in [2.45, 2.75) is 58.1 Å². The third-order valence-corrected chi connectivity index (χ3v) is 8.35. The Morgan fingerprint density at radius 2 is 1.93 bits per heavy atom. The molecule has 9 heteroatoms. The van der Waals surface area contributed by atoms with Gasteiger partial charge in [0.2, 0.25) is 5.82 Å². The SMILES string of the molecule is CCc1nc2c(C)cc(CCC(O)c3cccnc3)nc2n1C1CCc2cc(-c3ccccc3-c3nn[nH]n3)ccc21. The zero-order valence-corrected chi connectivity index (χ0v) is 23.7. The number of fused-ring (bicyclic) bond motifs is 2. The molecule has 0 saturated carbocycles. The van der Waals surface area contributed by atoms with Crippen molar-refractivity contribution < 1.29 is 5.11 Å². The van der Waals surface area contributed by atoms with Crippen LogP contribution >= 0.6 is 0 Å². The molecule has 1 aliphatic carbocycles. The molecule has 1 aliphatic rings. The van der Waals surface area contributed by atoms with E-state index in [-0.39, 0.29) is 6.04 Å². The minimum absolute atomic E-state index is 0.171. The van der Waals surface area contributed by atoms with Crippen LogP contribution in [0.2, 0.25) is 0 Å². The molecule has 2 unspecified atom stereocenters. The molecule has 0 fully saturated rings. The molecule has 2 N–H and O–H groups in total. The number of H-pyrrole nitrogens is 1. The number of nitrogens with zero attached hydrogens (tertiary/aromatic N) is 7. The molecule has 0 saturated heterocycles. The summed E-state index contributed by atoms with van der Waals surface area (Å²) in [6.07, 6.45) is 6.93. The Hall–Kier alpha value is -4.76. The summed E-state index contributed by atoms with van der Waals surface area (Å²) in [6.45, 7) is 4.27. The molecule has 2 aromatic carbocycles. The number of aromatic amines is 1. The van der Waals surface area contributed by atoms with Crippen LogP contribution in [0, 0.1) is 6.92 Å². The van der Waals surface area contributed by atoms with E-state index in [1.54, 1.807) is 12.4 Å². The topological polar surface area (TPSA) is 118 Å². The van der Waals surface area contributed by atoms with Crippen molar-refractivity contribution in [1.29, 1.82) is 0 Å². The highest BCUT2D eigenvalue weighted by Gasteiger charge is 2.29. The fraction of sp³-hybridized carbons (Fsp3) is 0.273. The molecule has 6 aromatic rings. The van der Waals surface area contributed by atoms with Crippen molar-refractivity contribution in [2.24, 2.45) is 0 Å². The van der Waals surface area contributed by atoms with Gasteiger partial charge in [0.05, 0.1) is 12.1 Å². The van der Waals surface area contributed by atoms with Gasteiger partial charge in [-0.05, 0) is 83.3 Å². The Kier molecular flexibility index (Phi) is 6.79. The molecule has 4 heterocycles. The van der Waals surface area contributed by atoms with Gasteiger partial charge < -0.3 is 9.67 Å². The third-order valence-electron chi connectivity index (χ3n) is 8.35. The van der Waals surface area contributed by atoms with Crippen LogP contribution in [-0.4, -0.2) is 45.2 Å². The zero-order valence-electron chi connectivity index (χ0n) is 23.7. The van der Waals surface area contributed by atoms with Crippen LogP contribution in [0.25, 0.3) is 33.7 Å². The van der Waals surface area contributed by atoms with Crippen molar-refractivity contribution in [2.75, 3.05) is 0 Å². The highest BCUT2D eigenvalue weighted by Crippen LogP contribution is 2.40. The van der Waals surface area contributed by atoms with Crippen LogP contribution in [0.4, 0.5) is 0 Å². The summed E-state index contributed by atoms with van der Waals surface area (Å²) in [4.78, 5) is 14.3. The maximum absolute atomic E-state index is 10.7. The Bertz CT molecular complexity index is 1860. The number of aromatic nitrogens is 8. The Labute approximate surface area is 243 Å². The number of nitrogens with one attached hydrogen (secondary N) is 1. The zero-order chi connectivity index (χ0) is 28.6. The molecule has 42 heavy (non-hydrogen) atoms. The second-order valence-electron chi connectivity index (χ2n) is 10.9. The van der Waals surface area contributed by atoms with Crippen LogP contribution < -0.4 is 0 Å². The Balaban J connectivity index is 1.23. The average molecular weight is 557 g/mol. The number of aliphatic hydroxyl groups is 1. The van der Waals surface area contributed by atoms with E-state index in [2.05, 4.69) is 74.4 Å². The molecule has 2 atom stereocenters. The Morgan fingerprint density at radius 1 is 1.05 bits per heavy atom. The first-order chi connectivity index (χ1) is 20.6. The Morgan fingerprint density at radius 3 is 2.71 bits per heavy atom. The van der Waals surface area contributed by atoms with Gasteiger partial charge in [0.1, 0.15) is 11.3 Å². The quantitative estimate of drug-likeness (QED) is 0.245. The number of aliphatic hydroxyl groups excluding tert-OH is 1. The number of rotatable bonds is 8. The third kappa shape index (κ3) is 4.65. The normalized spacial score (nSPS) is 15.3. The average Bonchev–Trinajstić information content (AvgIpc) is 3.79. The minimum Gasteiger partial charge on any atom is -0.388 e. The molecule has 210 valence electrons. The van der Waals surface area contributed by atoms with E-state index >= 15 is 0 Å². The molecule has 0 radical (unpaired) electrons. The van der Waals surface area contributed by atoms with Gasteiger partial charge in [-0.15, -0.1) is 10.2 Å². The van der Waals surface area contributed by atoms with Gasteiger partial charge in [-0.3, -0.25) is 4.98 Å². The molecule has 7 rings (SSSR count). The molecule has 0 spiro atoms. The highest BCUT2D eigenvalue weighted by atomic mass is 16.3. The van der Waals surface area contributed by atoms with Crippen LogP contribution in [0.1, 0.15) is 65.7 Å². The number of aryl methyl sites for hydroxylation is 4. The predicted octanol–water partition coefficient (Wildman–Crippen LogP) is 5.75. The van der Waals surface area contributed by atoms with Crippen molar-refractivity contribution in [3.05, 3.63) is 107 Å². The van der Waals surface area contributed by atoms with E-state index in [4.69, 9.17) is 9.97 Å². The van der Waals surface area contributed by atoms with Crippen LogP contribution in [-0.2, 0) is 19.3 Å². The predicted molar refractivity (Wildman–Crippen MR) is 161 cm³/mol. The minimum atomic E-state index is -0.575. The number of benzene rings is 2. The van der Waals surface area contributed by atoms with Gasteiger partial charge in [0, 0.05) is 30.1 Å². The van der Waals surface area contributed by atoms with Gasteiger partial charge in [-0.1, -0.05) is 55.5 Å². The number of pyridine rings is 2. The molecule has 0 aliphatic heterocycles. The summed E-state index contributed by atoms with van der Waals surface area (Å²) in [7, 11) is 0. The second kappa shape index (κ2) is 10.9. The maximum Gasteiger partial charge on any atom is 0.205 e. The molecular weight excluding hydrogens is 524 g/mol. The summed E-state index contributed by atoms with van der Waals surface area (Å²) >= 11 is 0. The fourth-order valence-corrected chi connectivity index (χ4v) is 6.29. The van der Waals surface area contributed by atoms with Crippen LogP contribution in [0.3, 0.4) is 0 Å². The van der Waals surface area contributed by atoms with Gasteiger partial charge in [-0.2, -0.15) is 5.21 Å². The van der Waals surface area contributed by atoms with E-state index in [1.165, 1.54) is 11.1 Å². The first-order valence-corrected chi connectivity index (χ1v) is 14.5. The van der Waals surface area contributed by atoms with Gasteiger partial charge >= 0.3 is 0 Å². The molecule has 0 bridgehead atoms. The second-order valence-corrected chi connectivity index (χ2v) is 10.9. The van der Waals surface area contributed by atoms with Crippen molar-refractivity contribution in [3.8, 4) is 22.5 Å². The van der Waals surface area contributed by atoms with Crippen molar-refractivity contribution in [1.82, 2.24) is 40.1 Å². The highest BCUT2D eigenvalue weighted by molar-refractivity contribution is 5.81. The number of tetrazole rings is 1. The largest absolute Gasteiger partial charge is 0.388 e. The van der Waals surface area contributed by atoms with Gasteiger partial charge in [0.15, 0.2) is 5.65 Å². The summed E-state index contributed by atoms with van der Waals surface area (Å²) in [6, 6.07) is 21.0. The van der Waals surface area contributed by atoms with E-state index in [9.17, 15) is 5.11 Å². The fourth-order valence-electron chi connectivity index (χ4n) is 6.29. The lowest BCUT2D eigenvalue weighted by atomic mass is 9.96. The molecular formula is C33H32N8O.